The summed E-state index contributed by atoms with van der Waals surface area (Å²) in [5.74, 6) is 0.240. The average Bonchev–Trinajstić information content (AvgIpc) is 3.22. The predicted octanol–water partition coefficient (Wildman–Crippen LogP) is 2.38. The van der Waals surface area contributed by atoms with Crippen molar-refractivity contribution in [1.29, 1.82) is 0 Å². The molecular weight excluding hydrogens is 436 g/mol. The van der Waals surface area contributed by atoms with Crippen LogP contribution in [0.4, 0.5) is 0 Å². The number of nitrogens with one attached hydrogen (secondary N) is 1. The van der Waals surface area contributed by atoms with Crippen LogP contribution in [0.2, 0.25) is 5.02 Å². The van der Waals surface area contributed by atoms with Gasteiger partial charge in [-0.05, 0) is 45.8 Å². The molecule has 4 rings (SSSR count). The Bertz CT molecular complexity index is 829. The summed E-state index contributed by atoms with van der Waals surface area (Å²) in [6.45, 7) is 8.74. The fourth-order valence-corrected chi connectivity index (χ4v) is 4.80. The number of β-amino-alcohol motifs (C(OH)–C–C–N with tert-alkyl or cyclic N) is 1. The zero-order valence-corrected chi connectivity index (χ0v) is 19.6. The van der Waals surface area contributed by atoms with Crippen molar-refractivity contribution < 1.29 is 28.8 Å². The minimum atomic E-state index is -0.492. The number of piperidine rings is 1. The second-order valence-corrected chi connectivity index (χ2v) is 9.35. The first-order chi connectivity index (χ1) is 15.4. The van der Waals surface area contributed by atoms with Crippen LogP contribution in [-0.4, -0.2) is 80.4 Å². The summed E-state index contributed by atoms with van der Waals surface area (Å²) in [4.78, 5) is 15.1. The quantitative estimate of drug-likeness (QED) is 0.635. The van der Waals surface area contributed by atoms with E-state index in [9.17, 15) is 9.90 Å². The molecule has 3 heterocycles. The van der Waals surface area contributed by atoms with E-state index in [0.717, 1.165) is 37.9 Å². The molecule has 2 fully saturated rings. The van der Waals surface area contributed by atoms with Crippen LogP contribution in [0.3, 0.4) is 0 Å². The van der Waals surface area contributed by atoms with Crippen LogP contribution in [0, 0.1) is 12.8 Å². The second-order valence-electron chi connectivity index (χ2n) is 8.95. The molecule has 3 aliphatic rings. The van der Waals surface area contributed by atoms with Gasteiger partial charge in [0, 0.05) is 36.0 Å². The number of nitrogens with zero attached hydrogens (tertiary/aromatic N) is 1. The maximum Gasteiger partial charge on any atom is 0.255 e. The Morgan fingerprint density at radius 3 is 2.69 bits per heavy atom. The molecular formula is C23H33ClN2O6. The topological polar surface area (TPSA) is 89.5 Å². The van der Waals surface area contributed by atoms with E-state index in [-0.39, 0.29) is 11.8 Å². The van der Waals surface area contributed by atoms with Gasteiger partial charge in [0.25, 0.3) is 5.91 Å². The van der Waals surface area contributed by atoms with Crippen molar-refractivity contribution in [2.24, 2.45) is 5.92 Å². The number of hydrogen-bond donors (Lipinski definition) is 2. The van der Waals surface area contributed by atoms with Gasteiger partial charge < -0.3 is 34.3 Å². The van der Waals surface area contributed by atoms with Gasteiger partial charge in [0.05, 0.1) is 24.9 Å². The highest BCUT2D eigenvalue weighted by Crippen LogP contribution is 2.40. The van der Waals surface area contributed by atoms with Gasteiger partial charge in [0.2, 0.25) is 0 Å². The molecule has 32 heavy (non-hydrogen) atoms. The van der Waals surface area contributed by atoms with Gasteiger partial charge in [0.1, 0.15) is 13.2 Å². The molecule has 1 aromatic carbocycles. The first kappa shape index (κ1) is 23.6. The van der Waals surface area contributed by atoms with E-state index >= 15 is 0 Å². The molecule has 8 nitrogen and oxygen atoms in total. The second kappa shape index (κ2) is 10.1. The Morgan fingerprint density at radius 1 is 1.25 bits per heavy atom. The fourth-order valence-electron chi connectivity index (χ4n) is 4.61. The summed E-state index contributed by atoms with van der Waals surface area (Å²) < 4.78 is 22.7. The van der Waals surface area contributed by atoms with Crippen molar-refractivity contribution in [2.45, 2.75) is 45.0 Å². The fraction of sp³-hybridized carbons (Fsp3) is 0.696. The van der Waals surface area contributed by atoms with Crippen LogP contribution >= 0.6 is 11.6 Å². The standard InChI is InChI=1S/C23H33ClN2O6/c1-15-18(24)12-17(21-20(15)29-8-9-30-21)22(28)25-13-16-4-7-26(14-19(16)27)6-3-5-23(2)31-10-11-32-23/h12,16,19,27H,3-11,13-14H2,1-2H3,(H,25,28). The molecule has 0 radical (unpaired) electrons. The monoisotopic (exact) mass is 468 g/mol. The Morgan fingerprint density at radius 2 is 1.97 bits per heavy atom. The van der Waals surface area contributed by atoms with E-state index in [1.807, 2.05) is 13.8 Å². The van der Waals surface area contributed by atoms with Crippen LogP contribution in [0.1, 0.15) is 42.1 Å². The lowest BCUT2D eigenvalue weighted by molar-refractivity contribution is -0.148. The molecule has 2 saturated heterocycles. The van der Waals surface area contributed by atoms with Crippen LogP contribution in [0.25, 0.3) is 0 Å². The van der Waals surface area contributed by atoms with Crippen molar-refractivity contribution in [3.8, 4) is 11.5 Å². The number of fused-ring (bicyclic) bond motifs is 1. The molecule has 178 valence electrons. The predicted molar refractivity (Wildman–Crippen MR) is 120 cm³/mol. The summed E-state index contributed by atoms with van der Waals surface area (Å²) in [7, 11) is 0. The molecule has 3 aliphatic heterocycles. The normalized spacial score (nSPS) is 25.0. The van der Waals surface area contributed by atoms with E-state index in [0.29, 0.717) is 61.6 Å². The van der Waals surface area contributed by atoms with Crippen molar-refractivity contribution in [3.63, 3.8) is 0 Å². The number of carbonyl (C=O) groups is 1. The molecule has 1 aromatic rings. The third-order valence-electron chi connectivity index (χ3n) is 6.58. The SMILES string of the molecule is Cc1c(Cl)cc(C(=O)NCC2CCN(CCCC3(C)OCCO3)CC2O)c2c1OCCO2. The van der Waals surface area contributed by atoms with Crippen LogP contribution in [0.15, 0.2) is 6.07 Å². The molecule has 0 aromatic heterocycles. The number of rotatable bonds is 7. The van der Waals surface area contributed by atoms with Crippen molar-refractivity contribution >= 4 is 17.5 Å². The summed E-state index contributed by atoms with van der Waals surface area (Å²) >= 11 is 6.30. The largest absolute Gasteiger partial charge is 0.486 e. The highest BCUT2D eigenvalue weighted by atomic mass is 35.5. The highest BCUT2D eigenvalue weighted by molar-refractivity contribution is 6.32. The minimum absolute atomic E-state index is 0.00290. The van der Waals surface area contributed by atoms with Gasteiger partial charge in [-0.25, -0.2) is 0 Å². The Hall–Kier alpha value is -1.58. The molecule has 9 heteroatoms. The lowest BCUT2D eigenvalue weighted by atomic mass is 9.93. The molecule has 0 aliphatic carbocycles. The zero-order valence-electron chi connectivity index (χ0n) is 18.8. The minimum Gasteiger partial charge on any atom is -0.486 e. The molecule has 2 atom stereocenters. The van der Waals surface area contributed by atoms with Gasteiger partial charge in [-0.1, -0.05) is 11.6 Å². The Kier molecular flexibility index (Phi) is 7.47. The number of hydrogen-bond acceptors (Lipinski definition) is 7. The van der Waals surface area contributed by atoms with Crippen LogP contribution in [0.5, 0.6) is 11.5 Å². The van der Waals surface area contributed by atoms with E-state index in [4.69, 9.17) is 30.5 Å². The maximum atomic E-state index is 12.9. The average molecular weight is 469 g/mol. The van der Waals surface area contributed by atoms with E-state index in [2.05, 4.69) is 10.2 Å². The van der Waals surface area contributed by atoms with Crippen molar-refractivity contribution in [2.75, 3.05) is 52.6 Å². The number of aliphatic hydroxyl groups is 1. The summed E-state index contributed by atoms with van der Waals surface area (Å²) in [5, 5.41) is 14.1. The maximum absolute atomic E-state index is 12.9. The lowest BCUT2D eigenvalue weighted by Gasteiger charge is -2.36. The van der Waals surface area contributed by atoms with Crippen LogP contribution < -0.4 is 14.8 Å². The third-order valence-corrected chi connectivity index (χ3v) is 6.97. The van der Waals surface area contributed by atoms with Crippen molar-refractivity contribution in [1.82, 2.24) is 10.2 Å². The summed E-state index contributed by atoms with van der Waals surface area (Å²) in [6, 6.07) is 1.62. The first-order valence-corrected chi connectivity index (χ1v) is 11.8. The lowest BCUT2D eigenvalue weighted by Crippen LogP contribution is -2.48. The van der Waals surface area contributed by atoms with Crippen LogP contribution in [-0.2, 0) is 9.47 Å². The smallest absolute Gasteiger partial charge is 0.255 e. The third kappa shape index (κ3) is 5.31. The van der Waals surface area contributed by atoms with Gasteiger partial charge in [-0.3, -0.25) is 4.79 Å². The summed E-state index contributed by atoms with van der Waals surface area (Å²) in [6.07, 6.45) is 2.12. The van der Waals surface area contributed by atoms with Gasteiger partial charge in [-0.15, -0.1) is 0 Å². The molecule has 2 N–H and O–H groups in total. The number of halogens is 1. The van der Waals surface area contributed by atoms with E-state index in [1.54, 1.807) is 6.07 Å². The molecule has 2 unspecified atom stereocenters. The van der Waals surface area contributed by atoms with Gasteiger partial charge in [0.15, 0.2) is 17.3 Å². The zero-order chi connectivity index (χ0) is 22.7. The number of likely N-dealkylation sites (tertiary alicyclic amines) is 1. The number of aliphatic hydroxyl groups excluding tert-OH is 1. The molecule has 0 saturated carbocycles. The van der Waals surface area contributed by atoms with Crippen molar-refractivity contribution in [3.05, 3.63) is 22.2 Å². The Balaban J connectivity index is 1.26. The molecule has 0 spiro atoms. The number of ether oxygens (including phenoxy) is 4. The number of benzene rings is 1. The number of amides is 1. The van der Waals surface area contributed by atoms with E-state index < -0.39 is 11.9 Å². The van der Waals surface area contributed by atoms with Gasteiger partial charge in [-0.2, -0.15) is 0 Å². The Labute approximate surface area is 194 Å². The summed E-state index contributed by atoms with van der Waals surface area (Å²) in [5.41, 5.74) is 1.13. The molecule has 1 amide bonds. The van der Waals surface area contributed by atoms with E-state index in [1.165, 1.54) is 0 Å². The first-order valence-electron chi connectivity index (χ1n) is 11.4. The highest BCUT2D eigenvalue weighted by Gasteiger charge is 2.32. The van der Waals surface area contributed by atoms with Gasteiger partial charge >= 0.3 is 0 Å². The molecule has 0 bridgehead atoms. The number of carbonyl (C=O) groups excluding carboxylic acids is 1.